The van der Waals surface area contributed by atoms with Crippen molar-refractivity contribution in [3.63, 3.8) is 0 Å². The Balaban J connectivity index is 1.12. The molecule has 0 radical (unpaired) electrons. The fraction of sp³-hybridized carbons (Fsp3) is 0.0196. The second-order valence-electron chi connectivity index (χ2n) is 13.7. The van der Waals surface area contributed by atoms with Crippen LogP contribution in [-0.2, 0) is 0 Å². The first-order valence-electron chi connectivity index (χ1n) is 18.3. The Morgan fingerprint density at radius 3 is 1.64 bits per heavy atom. The van der Waals surface area contributed by atoms with Crippen molar-refractivity contribution in [2.45, 2.75) is 6.92 Å². The molecular formula is C51H36N2. The first-order valence-corrected chi connectivity index (χ1v) is 18.3. The van der Waals surface area contributed by atoms with Gasteiger partial charge in [-0.05, 0) is 112 Å². The van der Waals surface area contributed by atoms with Gasteiger partial charge in [0.1, 0.15) is 0 Å². The van der Waals surface area contributed by atoms with Gasteiger partial charge in [-0.1, -0.05) is 133 Å². The highest BCUT2D eigenvalue weighted by Gasteiger charge is 2.17. The van der Waals surface area contributed by atoms with Crippen LogP contribution in [0, 0.1) is 0 Å². The van der Waals surface area contributed by atoms with E-state index in [-0.39, 0.29) is 0 Å². The molecule has 0 fully saturated rings. The number of allylic oxidation sites excluding steroid dienone is 3. The Labute approximate surface area is 308 Å². The van der Waals surface area contributed by atoms with Gasteiger partial charge >= 0.3 is 0 Å². The molecule has 0 amide bonds. The van der Waals surface area contributed by atoms with Crippen LogP contribution in [0.15, 0.2) is 194 Å². The Morgan fingerprint density at radius 2 is 0.925 bits per heavy atom. The number of aromatic nitrogens is 2. The number of hydrogen-bond donors (Lipinski definition) is 0. The van der Waals surface area contributed by atoms with Gasteiger partial charge < -0.3 is 9.13 Å². The van der Waals surface area contributed by atoms with E-state index in [4.69, 9.17) is 0 Å². The molecule has 8 aromatic carbocycles. The third kappa shape index (κ3) is 5.19. The van der Waals surface area contributed by atoms with Crippen LogP contribution < -0.4 is 0 Å². The van der Waals surface area contributed by atoms with Gasteiger partial charge in [-0.3, -0.25) is 0 Å². The van der Waals surface area contributed by atoms with Gasteiger partial charge in [-0.25, -0.2) is 0 Å². The number of para-hydroxylation sites is 1. The second-order valence-corrected chi connectivity index (χ2v) is 13.7. The first-order chi connectivity index (χ1) is 26.2. The average molecular weight is 677 g/mol. The van der Waals surface area contributed by atoms with Crippen LogP contribution in [0.1, 0.15) is 12.5 Å². The fourth-order valence-corrected chi connectivity index (χ4v) is 8.14. The molecule has 0 aliphatic rings. The van der Waals surface area contributed by atoms with Crippen LogP contribution >= 0.6 is 0 Å². The third-order valence-corrected chi connectivity index (χ3v) is 10.6. The van der Waals surface area contributed by atoms with E-state index in [9.17, 15) is 0 Å². The predicted octanol–water partition coefficient (Wildman–Crippen LogP) is 14.0. The van der Waals surface area contributed by atoms with Gasteiger partial charge in [0.2, 0.25) is 0 Å². The predicted molar refractivity (Wildman–Crippen MR) is 227 cm³/mol. The molecule has 2 heterocycles. The minimum absolute atomic E-state index is 1.15. The van der Waals surface area contributed by atoms with Gasteiger partial charge in [-0.2, -0.15) is 0 Å². The molecule has 2 heteroatoms. The molecule has 0 saturated heterocycles. The molecule has 2 nitrogen and oxygen atoms in total. The van der Waals surface area contributed by atoms with Crippen molar-refractivity contribution in [1.82, 2.24) is 9.13 Å². The smallest absolute Gasteiger partial charge is 0.0547 e. The van der Waals surface area contributed by atoms with Gasteiger partial charge in [-0.15, -0.1) is 0 Å². The zero-order chi connectivity index (χ0) is 35.3. The highest BCUT2D eigenvalue weighted by atomic mass is 15.0. The van der Waals surface area contributed by atoms with E-state index in [0.717, 1.165) is 11.4 Å². The molecule has 0 atom stereocenters. The van der Waals surface area contributed by atoms with Gasteiger partial charge in [0, 0.05) is 32.9 Å². The fourth-order valence-electron chi connectivity index (χ4n) is 8.14. The monoisotopic (exact) mass is 676 g/mol. The quantitative estimate of drug-likeness (QED) is 0.155. The lowest BCUT2D eigenvalue weighted by Gasteiger charge is -2.11. The zero-order valence-corrected chi connectivity index (χ0v) is 29.4. The summed E-state index contributed by atoms with van der Waals surface area (Å²) in [6, 6.07) is 64.3. The number of nitrogens with zero attached hydrogens (tertiary/aromatic N) is 2. The zero-order valence-electron chi connectivity index (χ0n) is 29.4. The summed E-state index contributed by atoms with van der Waals surface area (Å²) in [6.45, 7) is 2.04. The Kier molecular flexibility index (Phi) is 7.40. The summed E-state index contributed by atoms with van der Waals surface area (Å²) < 4.78 is 4.81. The van der Waals surface area contributed by atoms with Crippen LogP contribution in [0.4, 0.5) is 0 Å². The van der Waals surface area contributed by atoms with Crippen LogP contribution in [0.25, 0.3) is 94.1 Å². The third-order valence-electron chi connectivity index (χ3n) is 10.6. The SMILES string of the molecule is C/C=C\C=C/c1ccc2c(c1)c1c3ccccc3ccc1n2-c1ccc(-c2ccc3c(c2)c2cc(-c4ccccc4)ccc2n3-c2ccccc2)cc1. The molecule has 250 valence electrons. The van der Waals surface area contributed by atoms with E-state index in [0.29, 0.717) is 0 Å². The van der Waals surface area contributed by atoms with Gasteiger partial charge in [0.05, 0.1) is 22.1 Å². The molecule has 0 bridgehead atoms. The molecule has 2 aromatic heterocycles. The minimum Gasteiger partial charge on any atom is -0.309 e. The topological polar surface area (TPSA) is 9.86 Å². The van der Waals surface area contributed by atoms with E-state index in [1.54, 1.807) is 0 Å². The number of hydrogen-bond acceptors (Lipinski definition) is 0. The average Bonchev–Trinajstić information content (AvgIpc) is 3.73. The summed E-state index contributed by atoms with van der Waals surface area (Å²) in [5.41, 5.74) is 13.2. The Morgan fingerprint density at radius 1 is 0.377 bits per heavy atom. The van der Waals surface area contributed by atoms with E-state index in [2.05, 4.69) is 209 Å². The van der Waals surface area contributed by atoms with Crippen molar-refractivity contribution < 1.29 is 0 Å². The summed E-state index contributed by atoms with van der Waals surface area (Å²) in [4.78, 5) is 0. The maximum Gasteiger partial charge on any atom is 0.0547 e. The van der Waals surface area contributed by atoms with Crippen molar-refractivity contribution in [3.05, 3.63) is 200 Å². The number of benzene rings is 8. The summed E-state index contributed by atoms with van der Waals surface area (Å²) in [7, 11) is 0. The molecule has 0 aliphatic carbocycles. The molecule has 10 aromatic rings. The van der Waals surface area contributed by atoms with Crippen LogP contribution in [0.2, 0.25) is 0 Å². The first kappa shape index (κ1) is 30.9. The van der Waals surface area contributed by atoms with Crippen molar-refractivity contribution in [2.24, 2.45) is 0 Å². The molecule has 0 saturated carbocycles. The van der Waals surface area contributed by atoms with E-state index >= 15 is 0 Å². The van der Waals surface area contributed by atoms with Crippen LogP contribution in [-0.4, -0.2) is 9.13 Å². The van der Waals surface area contributed by atoms with Crippen molar-refractivity contribution in [3.8, 4) is 33.6 Å². The number of rotatable bonds is 6. The van der Waals surface area contributed by atoms with Gasteiger partial charge in [0.25, 0.3) is 0 Å². The number of fused-ring (bicyclic) bond motifs is 8. The molecule has 0 N–H and O–H groups in total. The van der Waals surface area contributed by atoms with Crippen LogP contribution in [0.5, 0.6) is 0 Å². The van der Waals surface area contributed by atoms with Crippen molar-refractivity contribution >= 4 is 60.5 Å². The van der Waals surface area contributed by atoms with E-state index < -0.39 is 0 Å². The lowest BCUT2D eigenvalue weighted by atomic mass is 10.00. The van der Waals surface area contributed by atoms with Crippen LogP contribution in [0.3, 0.4) is 0 Å². The van der Waals surface area contributed by atoms with E-state index in [1.807, 2.05) is 6.92 Å². The van der Waals surface area contributed by atoms with Crippen molar-refractivity contribution in [2.75, 3.05) is 0 Å². The lowest BCUT2D eigenvalue weighted by Crippen LogP contribution is -1.94. The minimum atomic E-state index is 1.15. The van der Waals surface area contributed by atoms with E-state index in [1.165, 1.54) is 82.2 Å². The summed E-state index contributed by atoms with van der Waals surface area (Å²) in [5.74, 6) is 0. The highest BCUT2D eigenvalue weighted by Crippen LogP contribution is 2.40. The largest absolute Gasteiger partial charge is 0.309 e. The molecule has 0 aliphatic heterocycles. The second kappa shape index (κ2) is 12.7. The maximum absolute atomic E-state index is 2.42. The summed E-state index contributed by atoms with van der Waals surface area (Å²) in [6.07, 6.45) is 8.42. The van der Waals surface area contributed by atoms with Crippen molar-refractivity contribution in [1.29, 1.82) is 0 Å². The summed E-state index contributed by atoms with van der Waals surface area (Å²) >= 11 is 0. The molecular weight excluding hydrogens is 641 g/mol. The molecule has 0 unspecified atom stereocenters. The molecule has 10 rings (SSSR count). The maximum atomic E-state index is 2.42. The standard InChI is InChI=1S/C51H36N2/c1-2-3-6-13-35-20-28-49-46(32-35)51-43-19-12-11-16-38(43)23-31-50(51)53(49)42-26-21-37(22-27-42)40-25-30-48-45(34-40)44-33-39(36-14-7-4-8-15-36)24-29-47(44)52(48)41-17-9-5-10-18-41/h2-34H,1H3/b3-2-,13-6-. The lowest BCUT2D eigenvalue weighted by molar-refractivity contribution is 1.18. The summed E-state index contributed by atoms with van der Waals surface area (Å²) in [5, 5.41) is 7.58. The molecule has 0 spiro atoms. The Hall–Kier alpha value is -6.90. The molecule has 53 heavy (non-hydrogen) atoms. The highest BCUT2D eigenvalue weighted by molar-refractivity contribution is 6.21. The van der Waals surface area contributed by atoms with Gasteiger partial charge in [0.15, 0.2) is 0 Å². The normalized spacial score (nSPS) is 12.1. The Bertz CT molecular complexity index is 3030.